The molecule has 0 unspecified atom stereocenters. The molecular weight excluding hydrogens is 278 g/mol. The van der Waals surface area contributed by atoms with Gasteiger partial charge in [0.2, 0.25) is 0 Å². The Morgan fingerprint density at radius 3 is 2.50 bits per heavy atom. The molecule has 5 heteroatoms. The van der Waals surface area contributed by atoms with Crippen molar-refractivity contribution in [3.63, 3.8) is 0 Å². The summed E-state index contributed by atoms with van der Waals surface area (Å²) in [5.41, 5.74) is 0.728. The van der Waals surface area contributed by atoms with Crippen LogP contribution < -0.4 is 0 Å². The Bertz CT molecular complexity index is 512. The van der Waals surface area contributed by atoms with Gasteiger partial charge >= 0.3 is 5.97 Å². The van der Waals surface area contributed by atoms with E-state index in [1.54, 1.807) is 6.08 Å². The van der Waals surface area contributed by atoms with Crippen molar-refractivity contribution in [2.45, 2.75) is 76.4 Å². The molecule has 120 valence electrons. The summed E-state index contributed by atoms with van der Waals surface area (Å²) >= 11 is 0. The summed E-state index contributed by atoms with van der Waals surface area (Å²) in [5.74, 6) is -0.265. The third-order valence-corrected chi connectivity index (χ3v) is 4.70. The van der Waals surface area contributed by atoms with Crippen LogP contribution in [-0.4, -0.2) is 27.1 Å². The number of nitrogens with zero attached hydrogens (tertiary/aromatic N) is 3. The third kappa shape index (κ3) is 4.18. The molecule has 0 radical (unpaired) electrons. The number of aromatic nitrogens is 3. The van der Waals surface area contributed by atoms with Crippen LogP contribution in [0.1, 0.15) is 75.9 Å². The van der Waals surface area contributed by atoms with Gasteiger partial charge in [0.1, 0.15) is 11.8 Å². The molecule has 1 heterocycles. The second-order valence-corrected chi connectivity index (χ2v) is 6.45. The molecular formula is C17H25N3O2. The minimum Gasteiger partial charge on any atom is -0.459 e. The van der Waals surface area contributed by atoms with Crippen LogP contribution in [-0.2, 0) is 9.53 Å². The summed E-state index contributed by atoms with van der Waals surface area (Å²) in [6.45, 7) is 0. The van der Waals surface area contributed by atoms with Crippen LogP contribution in [0.2, 0.25) is 0 Å². The Labute approximate surface area is 131 Å². The molecule has 1 aromatic heterocycles. The smallest absolute Gasteiger partial charge is 0.331 e. The van der Waals surface area contributed by atoms with Gasteiger partial charge in [-0.1, -0.05) is 30.9 Å². The molecule has 22 heavy (non-hydrogen) atoms. The SMILES string of the molecule is O=C(/C=C\c1cn(C2CCCCC2)nn1)OC1CCCCC1. The molecule has 0 aliphatic heterocycles. The van der Waals surface area contributed by atoms with Gasteiger partial charge in [0, 0.05) is 6.08 Å². The first-order valence-corrected chi connectivity index (χ1v) is 8.62. The first kappa shape index (κ1) is 15.3. The quantitative estimate of drug-likeness (QED) is 0.629. The standard InChI is InChI=1S/C17H25N3O2/c21-17(22-16-9-5-2-6-10-16)12-11-14-13-20(19-18-14)15-7-3-1-4-8-15/h11-13,15-16H,1-10H2/b12-11-. The van der Waals surface area contributed by atoms with Gasteiger partial charge in [-0.2, -0.15) is 0 Å². The number of hydrogen-bond acceptors (Lipinski definition) is 4. The third-order valence-electron chi connectivity index (χ3n) is 4.70. The van der Waals surface area contributed by atoms with Crippen molar-refractivity contribution in [3.05, 3.63) is 18.0 Å². The average Bonchev–Trinajstić information content (AvgIpc) is 3.04. The molecule has 0 atom stereocenters. The van der Waals surface area contributed by atoms with Gasteiger partial charge in [-0.25, -0.2) is 9.48 Å². The first-order chi connectivity index (χ1) is 10.8. The van der Waals surface area contributed by atoms with Crippen molar-refractivity contribution < 1.29 is 9.53 Å². The highest BCUT2D eigenvalue weighted by molar-refractivity contribution is 5.86. The van der Waals surface area contributed by atoms with E-state index >= 15 is 0 Å². The maximum atomic E-state index is 11.8. The molecule has 0 aromatic carbocycles. The zero-order valence-electron chi connectivity index (χ0n) is 13.1. The Morgan fingerprint density at radius 2 is 1.77 bits per heavy atom. The molecule has 2 aliphatic carbocycles. The number of hydrogen-bond donors (Lipinski definition) is 0. The summed E-state index contributed by atoms with van der Waals surface area (Å²) in [4.78, 5) is 11.8. The van der Waals surface area contributed by atoms with Gasteiger partial charge < -0.3 is 4.74 Å². The van der Waals surface area contributed by atoms with E-state index in [9.17, 15) is 4.79 Å². The molecule has 0 bridgehead atoms. The van der Waals surface area contributed by atoms with Crippen molar-refractivity contribution in [1.29, 1.82) is 0 Å². The molecule has 2 aliphatic rings. The zero-order valence-corrected chi connectivity index (χ0v) is 13.1. The van der Waals surface area contributed by atoms with E-state index in [0.717, 1.165) is 31.4 Å². The number of ether oxygens (including phenoxy) is 1. The first-order valence-electron chi connectivity index (χ1n) is 8.62. The van der Waals surface area contributed by atoms with Crippen LogP contribution >= 0.6 is 0 Å². The van der Waals surface area contributed by atoms with Crippen LogP contribution in [0.4, 0.5) is 0 Å². The normalized spacial score (nSPS) is 21.3. The summed E-state index contributed by atoms with van der Waals surface area (Å²) < 4.78 is 7.41. The van der Waals surface area contributed by atoms with E-state index in [4.69, 9.17) is 4.74 Å². The van der Waals surface area contributed by atoms with Crippen LogP contribution in [0.3, 0.4) is 0 Å². The Hall–Kier alpha value is -1.65. The van der Waals surface area contributed by atoms with Gasteiger partial charge in [-0.15, -0.1) is 5.10 Å². The van der Waals surface area contributed by atoms with Crippen LogP contribution in [0.5, 0.6) is 0 Å². The second kappa shape index (κ2) is 7.56. The monoisotopic (exact) mass is 303 g/mol. The van der Waals surface area contributed by atoms with Crippen LogP contribution in [0, 0.1) is 0 Å². The summed E-state index contributed by atoms with van der Waals surface area (Å²) in [5, 5.41) is 8.33. The Kier molecular flexibility index (Phi) is 5.24. The van der Waals surface area contributed by atoms with Crippen molar-refractivity contribution in [1.82, 2.24) is 15.0 Å². The molecule has 0 spiro atoms. The highest BCUT2D eigenvalue weighted by Crippen LogP contribution is 2.27. The minimum absolute atomic E-state index is 0.101. The second-order valence-electron chi connectivity index (χ2n) is 6.45. The maximum absolute atomic E-state index is 11.8. The number of carbonyl (C=O) groups is 1. The predicted octanol–water partition coefficient (Wildman–Crippen LogP) is 3.67. The molecule has 2 saturated carbocycles. The summed E-state index contributed by atoms with van der Waals surface area (Å²) in [7, 11) is 0. The molecule has 5 nitrogen and oxygen atoms in total. The Balaban J connectivity index is 1.51. The topological polar surface area (TPSA) is 57.0 Å². The van der Waals surface area contributed by atoms with Crippen molar-refractivity contribution in [2.75, 3.05) is 0 Å². The lowest BCUT2D eigenvalue weighted by molar-refractivity contribution is -0.144. The highest BCUT2D eigenvalue weighted by Gasteiger charge is 2.17. The van der Waals surface area contributed by atoms with E-state index in [2.05, 4.69) is 10.3 Å². The van der Waals surface area contributed by atoms with Crippen molar-refractivity contribution in [3.8, 4) is 0 Å². The van der Waals surface area contributed by atoms with E-state index < -0.39 is 0 Å². The minimum atomic E-state index is -0.265. The van der Waals surface area contributed by atoms with Gasteiger partial charge in [0.05, 0.1) is 12.2 Å². The summed E-state index contributed by atoms with van der Waals surface area (Å²) in [6.07, 6.45) is 17.0. The highest BCUT2D eigenvalue weighted by atomic mass is 16.5. The molecule has 0 N–H and O–H groups in total. The van der Waals surface area contributed by atoms with Crippen LogP contribution in [0.25, 0.3) is 6.08 Å². The molecule has 0 saturated heterocycles. The molecule has 2 fully saturated rings. The number of esters is 1. The van der Waals surface area contributed by atoms with Crippen molar-refractivity contribution in [2.24, 2.45) is 0 Å². The largest absolute Gasteiger partial charge is 0.459 e. The lowest BCUT2D eigenvalue weighted by Crippen LogP contribution is -2.19. The molecule has 1 aromatic rings. The predicted molar refractivity (Wildman–Crippen MR) is 84.1 cm³/mol. The van der Waals surface area contributed by atoms with Crippen molar-refractivity contribution >= 4 is 12.0 Å². The van der Waals surface area contributed by atoms with E-state index in [1.165, 1.54) is 44.6 Å². The zero-order chi connectivity index (χ0) is 15.2. The maximum Gasteiger partial charge on any atom is 0.331 e. The summed E-state index contributed by atoms with van der Waals surface area (Å²) in [6, 6.07) is 0.470. The van der Waals surface area contributed by atoms with E-state index in [-0.39, 0.29) is 12.1 Å². The van der Waals surface area contributed by atoms with E-state index in [1.807, 2.05) is 10.9 Å². The van der Waals surface area contributed by atoms with Gasteiger partial charge in [-0.05, 0) is 44.6 Å². The molecule has 0 amide bonds. The average molecular weight is 303 g/mol. The van der Waals surface area contributed by atoms with Crippen LogP contribution in [0.15, 0.2) is 12.3 Å². The van der Waals surface area contributed by atoms with Gasteiger partial charge in [0.15, 0.2) is 0 Å². The van der Waals surface area contributed by atoms with E-state index in [0.29, 0.717) is 6.04 Å². The number of rotatable bonds is 4. The lowest BCUT2D eigenvalue weighted by Gasteiger charge is -2.21. The fourth-order valence-electron chi connectivity index (χ4n) is 3.43. The number of carbonyl (C=O) groups excluding carboxylic acids is 1. The Morgan fingerprint density at radius 1 is 1.09 bits per heavy atom. The molecule has 3 rings (SSSR count). The van der Waals surface area contributed by atoms with Gasteiger partial charge in [-0.3, -0.25) is 0 Å². The fraction of sp³-hybridized carbons (Fsp3) is 0.706. The van der Waals surface area contributed by atoms with Gasteiger partial charge in [0.25, 0.3) is 0 Å². The fourth-order valence-corrected chi connectivity index (χ4v) is 3.43. The lowest BCUT2D eigenvalue weighted by atomic mass is 9.96.